The monoisotopic (exact) mass is 405 g/mol. The number of urea groups is 1. The van der Waals surface area contributed by atoms with Gasteiger partial charge in [-0.1, -0.05) is 6.07 Å². The maximum atomic E-state index is 14.3. The van der Waals surface area contributed by atoms with Crippen LogP contribution in [0.3, 0.4) is 0 Å². The summed E-state index contributed by atoms with van der Waals surface area (Å²) in [5, 5.41) is 2.71. The molecule has 1 fully saturated rings. The topological polar surface area (TPSA) is 52.7 Å². The molecule has 5 nitrogen and oxygen atoms in total. The predicted octanol–water partition coefficient (Wildman–Crippen LogP) is 3.90. The summed E-state index contributed by atoms with van der Waals surface area (Å²) in [5.41, 5.74) is 0.897. The van der Waals surface area contributed by atoms with Gasteiger partial charge in [0.1, 0.15) is 17.5 Å². The standard InChI is InChI=1S/C21H22F3N3O2/c1-13(17-5-4-16(22)12-18(17)23)25-21(29)27-9-7-26(8-10-27)20-6-3-15(14(2)28)11-19(20)24/h3-6,11-13H,7-10H2,1-2H3,(H,25,29). The van der Waals surface area contributed by atoms with Gasteiger partial charge in [-0.05, 0) is 38.1 Å². The van der Waals surface area contributed by atoms with Crippen molar-refractivity contribution in [3.05, 3.63) is 65.0 Å². The number of ketones is 1. The fraction of sp³-hybridized carbons (Fsp3) is 0.333. The molecule has 0 aromatic heterocycles. The van der Waals surface area contributed by atoms with Crippen LogP contribution in [0.2, 0.25) is 0 Å². The quantitative estimate of drug-likeness (QED) is 0.785. The number of carbonyl (C=O) groups excluding carboxylic acids is 2. The van der Waals surface area contributed by atoms with Gasteiger partial charge in [0.2, 0.25) is 0 Å². The summed E-state index contributed by atoms with van der Waals surface area (Å²) in [4.78, 5) is 27.2. The van der Waals surface area contributed by atoms with Gasteiger partial charge in [-0.15, -0.1) is 0 Å². The van der Waals surface area contributed by atoms with E-state index < -0.39 is 23.5 Å². The van der Waals surface area contributed by atoms with Crippen LogP contribution in [0, 0.1) is 17.5 Å². The second-order valence-corrected chi connectivity index (χ2v) is 7.03. The van der Waals surface area contributed by atoms with Gasteiger partial charge in [0.25, 0.3) is 0 Å². The van der Waals surface area contributed by atoms with Crippen molar-refractivity contribution in [2.45, 2.75) is 19.9 Å². The third-order valence-electron chi connectivity index (χ3n) is 5.03. The molecule has 1 atom stereocenters. The van der Waals surface area contributed by atoms with E-state index in [1.165, 1.54) is 19.1 Å². The zero-order chi connectivity index (χ0) is 21.1. The van der Waals surface area contributed by atoms with Crippen molar-refractivity contribution in [1.29, 1.82) is 0 Å². The van der Waals surface area contributed by atoms with E-state index in [9.17, 15) is 22.8 Å². The lowest BCUT2D eigenvalue weighted by atomic mass is 10.1. The number of benzene rings is 2. The molecule has 8 heteroatoms. The number of nitrogens with zero attached hydrogens (tertiary/aromatic N) is 2. The number of anilines is 1. The van der Waals surface area contributed by atoms with Gasteiger partial charge < -0.3 is 15.1 Å². The molecule has 0 saturated carbocycles. The number of hydrogen-bond acceptors (Lipinski definition) is 3. The molecule has 2 amide bonds. The second-order valence-electron chi connectivity index (χ2n) is 7.03. The molecular formula is C21H22F3N3O2. The van der Waals surface area contributed by atoms with Crippen LogP contribution < -0.4 is 10.2 Å². The first kappa shape index (κ1) is 20.7. The Labute approximate surface area is 167 Å². The Morgan fingerprint density at radius 2 is 1.66 bits per heavy atom. The number of piperazine rings is 1. The van der Waals surface area contributed by atoms with E-state index in [2.05, 4.69) is 5.32 Å². The van der Waals surface area contributed by atoms with Crippen LogP contribution in [-0.4, -0.2) is 42.9 Å². The number of nitrogens with one attached hydrogen (secondary N) is 1. The van der Waals surface area contributed by atoms with Gasteiger partial charge in [0.15, 0.2) is 5.78 Å². The number of hydrogen-bond donors (Lipinski definition) is 1. The number of carbonyl (C=O) groups is 2. The average Bonchev–Trinajstić information content (AvgIpc) is 2.67. The van der Waals surface area contributed by atoms with Crippen LogP contribution in [0.1, 0.15) is 35.8 Å². The summed E-state index contributed by atoms with van der Waals surface area (Å²) in [6, 6.07) is 6.61. The van der Waals surface area contributed by atoms with Gasteiger partial charge in [0, 0.05) is 43.4 Å². The van der Waals surface area contributed by atoms with Gasteiger partial charge in [-0.2, -0.15) is 0 Å². The molecule has 0 spiro atoms. The van der Waals surface area contributed by atoms with E-state index in [1.54, 1.807) is 24.0 Å². The number of halogens is 3. The second kappa shape index (κ2) is 8.55. The van der Waals surface area contributed by atoms with Gasteiger partial charge in [0.05, 0.1) is 11.7 Å². The molecule has 0 radical (unpaired) electrons. The van der Waals surface area contributed by atoms with E-state index in [4.69, 9.17) is 0 Å². The van der Waals surface area contributed by atoms with E-state index >= 15 is 0 Å². The Kier molecular flexibility index (Phi) is 6.10. The van der Waals surface area contributed by atoms with Crippen molar-refractivity contribution >= 4 is 17.5 Å². The highest BCUT2D eigenvalue weighted by molar-refractivity contribution is 5.94. The maximum Gasteiger partial charge on any atom is 0.317 e. The minimum absolute atomic E-state index is 0.200. The molecule has 1 saturated heterocycles. The van der Waals surface area contributed by atoms with Crippen molar-refractivity contribution in [1.82, 2.24) is 10.2 Å². The summed E-state index contributed by atoms with van der Waals surface area (Å²) < 4.78 is 41.3. The SMILES string of the molecule is CC(=O)c1ccc(N2CCN(C(=O)NC(C)c3ccc(F)cc3F)CC2)c(F)c1. The first-order chi connectivity index (χ1) is 13.8. The molecule has 2 aromatic rings. The molecule has 0 aliphatic carbocycles. The Hall–Kier alpha value is -3.03. The average molecular weight is 405 g/mol. The van der Waals surface area contributed by atoms with E-state index in [-0.39, 0.29) is 17.4 Å². The summed E-state index contributed by atoms with van der Waals surface area (Å²) in [7, 11) is 0. The summed E-state index contributed by atoms with van der Waals surface area (Å²) in [6.45, 7) is 4.56. The lowest BCUT2D eigenvalue weighted by Crippen LogP contribution is -2.52. The van der Waals surface area contributed by atoms with Crippen molar-refractivity contribution in [2.75, 3.05) is 31.1 Å². The number of rotatable bonds is 4. The van der Waals surface area contributed by atoms with Crippen LogP contribution in [0.15, 0.2) is 36.4 Å². The summed E-state index contributed by atoms with van der Waals surface area (Å²) in [5.74, 6) is -2.07. The Bertz CT molecular complexity index is 927. The highest BCUT2D eigenvalue weighted by Crippen LogP contribution is 2.23. The van der Waals surface area contributed by atoms with Crippen LogP contribution in [-0.2, 0) is 0 Å². The van der Waals surface area contributed by atoms with Gasteiger partial charge in [-0.25, -0.2) is 18.0 Å². The zero-order valence-corrected chi connectivity index (χ0v) is 16.2. The predicted molar refractivity (Wildman–Crippen MR) is 103 cm³/mol. The molecule has 3 rings (SSSR count). The first-order valence-electron chi connectivity index (χ1n) is 9.32. The Morgan fingerprint density at radius 1 is 0.966 bits per heavy atom. The molecule has 154 valence electrons. The lowest BCUT2D eigenvalue weighted by Gasteiger charge is -2.36. The van der Waals surface area contributed by atoms with Crippen molar-refractivity contribution in [2.24, 2.45) is 0 Å². The Morgan fingerprint density at radius 3 is 2.24 bits per heavy atom. The zero-order valence-electron chi connectivity index (χ0n) is 16.2. The fourth-order valence-corrected chi connectivity index (χ4v) is 3.34. The van der Waals surface area contributed by atoms with Crippen molar-refractivity contribution < 1.29 is 22.8 Å². The van der Waals surface area contributed by atoms with Crippen LogP contribution in [0.4, 0.5) is 23.7 Å². The lowest BCUT2D eigenvalue weighted by molar-refractivity contribution is 0.101. The number of amides is 2. The van der Waals surface area contributed by atoms with Crippen molar-refractivity contribution in [3.63, 3.8) is 0 Å². The number of Topliss-reactive ketones (excluding diaryl/α,β-unsaturated/α-hetero) is 1. The minimum Gasteiger partial charge on any atom is -0.366 e. The normalized spacial score (nSPS) is 15.2. The molecule has 1 N–H and O–H groups in total. The highest BCUT2D eigenvalue weighted by atomic mass is 19.1. The van der Waals surface area contributed by atoms with Gasteiger partial charge >= 0.3 is 6.03 Å². The highest BCUT2D eigenvalue weighted by Gasteiger charge is 2.24. The third-order valence-corrected chi connectivity index (χ3v) is 5.03. The van der Waals surface area contributed by atoms with Crippen molar-refractivity contribution in [3.8, 4) is 0 Å². The fourth-order valence-electron chi connectivity index (χ4n) is 3.34. The van der Waals surface area contributed by atoms with Crippen LogP contribution >= 0.6 is 0 Å². The van der Waals surface area contributed by atoms with Crippen LogP contribution in [0.25, 0.3) is 0 Å². The molecular weight excluding hydrogens is 383 g/mol. The van der Waals surface area contributed by atoms with E-state index in [0.717, 1.165) is 12.1 Å². The van der Waals surface area contributed by atoms with Gasteiger partial charge in [-0.3, -0.25) is 4.79 Å². The first-order valence-corrected chi connectivity index (χ1v) is 9.32. The molecule has 1 heterocycles. The molecule has 1 aliphatic heterocycles. The molecule has 2 aromatic carbocycles. The minimum atomic E-state index is -0.716. The molecule has 29 heavy (non-hydrogen) atoms. The van der Waals surface area contributed by atoms with Crippen LogP contribution in [0.5, 0.6) is 0 Å². The summed E-state index contributed by atoms with van der Waals surface area (Å²) in [6.07, 6.45) is 0. The third kappa shape index (κ3) is 4.70. The smallest absolute Gasteiger partial charge is 0.317 e. The molecule has 1 aliphatic rings. The van der Waals surface area contributed by atoms with E-state index in [1.807, 2.05) is 4.90 Å². The van der Waals surface area contributed by atoms with E-state index in [0.29, 0.717) is 37.4 Å². The maximum absolute atomic E-state index is 14.3. The largest absolute Gasteiger partial charge is 0.366 e. The molecule has 1 unspecified atom stereocenters. The molecule has 0 bridgehead atoms. The Balaban J connectivity index is 1.59. The summed E-state index contributed by atoms with van der Waals surface area (Å²) >= 11 is 0.